The number of amidine groups is 1. The molecule has 1 aliphatic rings. The van der Waals surface area contributed by atoms with Crippen molar-refractivity contribution >= 4 is 40.6 Å². The lowest BCUT2D eigenvalue weighted by Gasteiger charge is -2.19. The summed E-state index contributed by atoms with van der Waals surface area (Å²) in [6, 6.07) is 15.3. The lowest BCUT2D eigenvalue weighted by Crippen LogP contribution is -2.38. The van der Waals surface area contributed by atoms with Crippen LogP contribution in [0.5, 0.6) is 5.75 Å². The summed E-state index contributed by atoms with van der Waals surface area (Å²) in [7, 11) is 3.35. The number of aryl methyl sites for hydroxylation is 1. The molecule has 9 nitrogen and oxygen atoms in total. The molecule has 1 amide bonds. The molecule has 0 saturated carbocycles. The summed E-state index contributed by atoms with van der Waals surface area (Å²) in [5.74, 6) is 0.936. The molecule has 2 heterocycles. The summed E-state index contributed by atoms with van der Waals surface area (Å²) in [5, 5.41) is 14.8. The van der Waals surface area contributed by atoms with E-state index in [0.717, 1.165) is 22.7 Å². The molecular formula is C21H21N7O2S. The van der Waals surface area contributed by atoms with Gasteiger partial charge in [-0.3, -0.25) is 9.79 Å². The van der Waals surface area contributed by atoms with Gasteiger partial charge < -0.3 is 10.1 Å². The van der Waals surface area contributed by atoms with E-state index in [0.29, 0.717) is 16.7 Å². The van der Waals surface area contributed by atoms with E-state index in [1.165, 1.54) is 16.4 Å². The Bertz CT molecular complexity index is 1150. The van der Waals surface area contributed by atoms with Gasteiger partial charge in [0.2, 0.25) is 11.1 Å². The van der Waals surface area contributed by atoms with Gasteiger partial charge in [-0.25, -0.2) is 9.67 Å². The van der Waals surface area contributed by atoms with Crippen molar-refractivity contribution in [2.75, 3.05) is 12.9 Å². The zero-order chi connectivity index (χ0) is 21.8. The first-order valence-electron chi connectivity index (χ1n) is 9.57. The van der Waals surface area contributed by atoms with Gasteiger partial charge in [0, 0.05) is 12.8 Å². The van der Waals surface area contributed by atoms with Crippen molar-refractivity contribution in [3.8, 4) is 5.75 Å². The number of amides is 1. The number of nitrogens with one attached hydrogen (secondary N) is 1. The number of ether oxygens (including phenoxy) is 1. The maximum atomic E-state index is 12.8. The molecule has 10 heteroatoms. The Morgan fingerprint density at radius 2 is 1.84 bits per heavy atom. The topological polar surface area (TPSA) is 107 Å². The smallest absolute Gasteiger partial charge is 0.235 e. The summed E-state index contributed by atoms with van der Waals surface area (Å²) in [5.41, 5.74) is 3.26. The molecule has 31 heavy (non-hydrogen) atoms. The fraction of sp³-hybridized carbons (Fsp3) is 0.238. The monoisotopic (exact) mass is 435 g/mol. The third-order valence-corrected chi connectivity index (χ3v) is 5.75. The summed E-state index contributed by atoms with van der Waals surface area (Å²) >= 11 is 1.26. The Balaban J connectivity index is 1.64. The SMILES string of the molecule is COc1ccc([C@@H]2C(C)=Nc3ccccc3N=C2NC(=O)CSc2nnnn2C)cc1. The van der Waals surface area contributed by atoms with Crippen molar-refractivity contribution in [2.24, 2.45) is 17.0 Å². The molecule has 0 saturated heterocycles. The average molecular weight is 436 g/mol. The van der Waals surface area contributed by atoms with E-state index in [2.05, 4.69) is 20.8 Å². The highest BCUT2D eigenvalue weighted by Gasteiger charge is 2.26. The lowest BCUT2D eigenvalue weighted by molar-refractivity contribution is -0.117. The first-order valence-corrected chi connectivity index (χ1v) is 10.6. The van der Waals surface area contributed by atoms with Gasteiger partial charge in [-0.15, -0.1) is 5.10 Å². The standard InChI is InChI=1S/C21H21N7O2S/c1-13-19(14-8-10-15(30-3)11-9-14)20(23-17-7-5-4-6-16(17)22-13)24-18(29)12-31-21-25-26-27-28(21)2/h4-11,19H,12H2,1-3H3,(H,23,24,29)/t19-/m0/s1. The number of benzene rings is 2. The van der Waals surface area contributed by atoms with Crippen molar-refractivity contribution in [1.82, 2.24) is 25.5 Å². The van der Waals surface area contributed by atoms with E-state index < -0.39 is 0 Å². The predicted molar refractivity (Wildman–Crippen MR) is 120 cm³/mol. The number of carbonyl (C=O) groups is 1. The fourth-order valence-corrected chi connectivity index (χ4v) is 3.90. The van der Waals surface area contributed by atoms with Gasteiger partial charge in [0.15, 0.2) is 0 Å². The minimum absolute atomic E-state index is 0.153. The number of para-hydroxylation sites is 2. The van der Waals surface area contributed by atoms with Crippen molar-refractivity contribution in [3.05, 3.63) is 54.1 Å². The molecule has 158 valence electrons. The molecule has 0 bridgehead atoms. The van der Waals surface area contributed by atoms with Crippen molar-refractivity contribution in [1.29, 1.82) is 0 Å². The minimum atomic E-state index is -0.302. The van der Waals surface area contributed by atoms with Gasteiger partial charge in [0.1, 0.15) is 11.6 Å². The number of aliphatic imine (C=N–C) groups is 2. The van der Waals surface area contributed by atoms with E-state index in [-0.39, 0.29) is 17.6 Å². The molecule has 0 unspecified atom stereocenters. The van der Waals surface area contributed by atoms with E-state index >= 15 is 0 Å². The van der Waals surface area contributed by atoms with Crippen molar-refractivity contribution in [2.45, 2.75) is 18.0 Å². The van der Waals surface area contributed by atoms with Crippen LogP contribution < -0.4 is 10.1 Å². The lowest BCUT2D eigenvalue weighted by atomic mass is 9.93. The van der Waals surface area contributed by atoms with Crippen LogP contribution >= 0.6 is 11.8 Å². The normalized spacial score (nSPS) is 15.4. The van der Waals surface area contributed by atoms with Crippen LogP contribution in [0.25, 0.3) is 0 Å². The Kier molecular flexibility index (Phi) is 6.08. The van der Waals surface area contributed by atoms with Crippen LogP contribution in [0.15, 0.2) is 63.7 Å². The second-order valence-corrected chi connectivity index (χ2v) is 7.81. The molecule has 1 N–H and O–H groups in total. The van der Waals surface area contributed by atoms with Crippen LogP contribution in [0.4, 0.5) is 11.4 Å². The zero-order valence-electron chi connectivity index (χ0n) is 17.3. The van der Waals surface area contributed by atoms with Crippen molar-refractivity contribution in [3.63, 3.8) is 0 Å². The van der Waals surface area contributed by atoms with Gasteiger partial charge in [-0.05, 0) is 47.2 Å². The number of fused-ring (bicyclic) bond motifs is 1. The molecule has 0 aliphatic carbocycles. The predicted octanol–water partition coefficient (Wildman–Crippen LogP) is 3.05. The molecule has 4 rings (SSSR count). The number of methoxy groups -OCH3 is 1. The van der Waals surface area contributed by atoms with Crippen LogP contribution in [-0.2, 0) is 11.8 Å². The Hall–Kier alpha value is -3.53. The molecule has 0 fully saturated rings. The van der Waals surface area contributed by atoms with E-state index in [1.807, 2.05) is 55.5 Å². The summed E-state index contributed by atoms with van der Waals surface area (Å²) in [6.07, 6.45) is 0. The molecular weight excluding hydrogens is 414 g/mol. The van der Waals surface area contributed by atoms with E-state index in [1.54, 1.807) is 14.2 Å². The number of thioether (sulfide) groups is 1. The van der Waals surface area contributed by atoms with Gasteiger partial charge in [0.25, 0.3) is 0 Å². The highest BCUT2D eigenvalue weighted by atomic mass is 32.2. The first-order chi connectivity index (χ1) is 15.0. The second-order valence-electron chi connectivity index (χ2n) is 6.87. The third-order valence-electron chi connectivity index (χ3n) is 4.74. The Morgan fingerprint density at radius 3 is 2.48 bits per heavy atom. The third kappa shape index (κ3) is 4.64. The molecule has 1 atom stereocenters. The molecule has 0 radical (unpaired) electrons. The summed E-state index contributed by atoms with van der Waals surface area (Å²) < 4.78 is 6.80. The highest BCUT2D eigenvalue weighted by molar-refractivity contribution is 7.99. The van der Waals surface area contributed by atoms with Crippen LogP contribution in [-0.4, -0.2) is 50.5 Å². The number of hydrogen-bond donors (Lipinski definition) is 1. The number of nitrogens with zero attached hydrogens (tertiary/aromatic N) is 6. The number of hydrogen-bond acceptors (Lipinski definition) is 8. The molecule has 3 aromatic rings. The number of rotatable bonds is 5. The van der Waals surface area contributed by atoms with Crippen LogP contribution in [0, 0.1) is 0 Å². The largest absolute Gasteiger partial charge is 0.497 e. The van der Waals surface area contributed by atoms with Crippen molar-refractivity contribution < 1.29 is 9.53 Å². The number of carbonyl (C=O) groups excluding carboxylic acids is 1. The van der Waals surface area contributed by atoms with E-state index in [4.69, 9.17) is 14.7 Å². The number of aromatic nitrogens is 4. The van der Waals surface area contributed by atoms with Gasteiger partial charge in [0.05, 0.1) is 30.2 Å². The summed E-state index contributed by atoms with van der Waals surface area (Å²) in [4.78, 5) is 22.3. The first kappa shape index (κ1) is 20.7. The Morgan fingerprint density at radius 1 is 1.13 bits per heavy atom. The fourth-order valence-electron chi connectivity index (χ4n) is 3.25. The van der Waals surface area contributed by atoms with Gasteiger partial charge in [-0.2, -0.15) is 0 Å². The van der Waals surface area contributed by atoms with Crippen LogP contribution in [0.1, 0.15) is 18.4 Å². The maximum absolute atomic E-state index is 12.8. The zero-order valence-corrected chi connectivity index (χ0v) is 18.1. The minimum Gasteiger partial charge on any atom is -0.497 e. The molecule has 0 spiro atoms. The average Bonchev–Trinajstić information content (AvgIpc) is 3.12. The number of tetrazole rings is 1. The van der Waals surface area contributed by atoms with Gasteiger partial charge in [-0.1, -0.05) is 36.0 Å². The van der Waals surface area contributed by atoms with Crippen LogP contribution in [0.3, 0.4) is 0 Å². The van der Waals surface area contributed by atoms with Gasteiger partial charge >= 0.3 is 0 Å². The molecule has 1 aliphatic heterocycles. The van der Waals surface area contributed by atoms with Crippen LogP contribution in [0.2, 0.25) is 0 Å². The quantitative estimate of drug-likeness (QED) is 0.618. The summed E-state index contributed by atoms with van der Waals surface area (Å²) in [6.45, 7) is 1.94. The molecule has 1 aromatic heterocycles. The van der Waals surface area contributed by atoms with E-state index in [9.17, 15) is 4.79 Å². The second kappa shape index (κ2) is 9.09. The highest BCUT2D eigenvalue weighted by Crippen LogP contribution is 2.34. The molecule has 2 aromatic carbocycles. The maximum Gasteiger partial charge on any atom is 0.235 e. The Labute approximate surface area is 183 Å².